The van der Waals surface area contributed by atoms with Crippen LogP contribution < -0.4 is 5.32 Å². The van der Waals surface area contributed by atoms with Crippen molar-refractivity contribution in [2.45, 2.75) is 44.6 Å². The van der Waals surface area contributed by atoms with E-state index in [0.717, 1.165) is 6.54 Å². The van der Waals surface area contributed by atoms with Gasteiger partial charge in [-0.3, -0.25) is 0 Å². The minimum absolute atomic E-state index is 0.195. The van der Waals surface area contributed by atoms with E-state index in [-0.39, 0.29) is 5.54 Å². The lowest BCUT2D eigenvalue weighted by atomic mass is 9.82. The van der Waals surface area contributed by atoms with Gasteiger partial charge in [-0.2, -0.15) is 0 Å². The lowest BCUT2D eigenvalue weighted by Crippen LogP contribution is -2.41. The largest absolute Gasteiger partial charge is 0.307 e. The topological polar surface area (TPSA) is 12.0 Å². The molecule has 19 heavy (non-hydrogen) atoms. The Morgan fingerprint density at radius 3 is 2.68 bits per heavy atom. The summed E-state index contributed by atoms with van der Waals surface area (Å²) in [6, 6.07) is 15.6. The average Bonchev–Trinajstić information content (AvgIpc) is 2.73. The standard InChI is InChI=1S/C18H23N/c1-2-18(12-6-3-7-13-19-18)17-11-10-15-8-4-5-9-16(15)14-17/h4-5,8-11,14,19H,2-3,6-7,12-13H2,1H3. The fourth-order valence-corrected chi connectivity index (χ4v) is 3.38. The molecule has 1 nitrogen and oxygen atoms in total. The van der Waals surface area contributed by atoms with Crippen molar-refractivity contribution in [2.24, 2.45) is 0 Å². The molecule has 0 aromatic heterocycles. The van der Waals surface area contributed by atoms with Gasteiger partial charge in [0.1, 0.15) is 0 Å². The molecule has 1 saturated heterocycles. The highest BCUT2D eigenvalue weighted by atomic mass is 15.0. The Kier molecular flexibility index (Phi) is 3.56. The maximum atomic E-state index is 3.83. The first-order valence-corrected chi connectivity index (χ1v) is 7.58. The third-order valence-corrected chi connectivity index (χ3v) is 4.65. The molecule has 100 valence electrons. The minimum atomic E-state index is 0.195. The molecule has 1 fully saturated rings. The Morgan fingerprint density at radius 2 is 1.84 bits per heavy atom. The molecule has 0 bridgehead atoms. The van der Waals surface area contributed by atoms with Gasteiger partial charge in [0.2, 0.25) is 0 Å². The number of hydrogen-bond acceptors (Lipinski definition) is 1. The average molecular weight is 253 g/mol. The molecule has 0 radical (unpaired) electrons. The van der Waals surface area contributed by atoms with E-state index in [1.54, 1.807) is 0 Å². The van der Waals surface area contributed by atoms with Crippen LogP contribution >= 0.6 is 0 Å². The summed E-state index contributed by atoms with van der Waals surface area (Å²) >= 11 is 0. The van der Waals surface area contributed by atoms with E-state index in [2.05, 4.69) is 54.7 Å². The highest BCUT2D eigenvalue weighted by Gasteiger charge is 2.30. The molecule has 2 aromatic rings. The van der Waals surface area contributed by atoms with Crippen molar-refractivity contribution in [2.75, 3.05) is 6.54 Å². The number of hydrogen-bond donors (Lipinski definition) is 1. The molecule has 1 aliphatic heterocycles. The van der Waals surface area contributed by atoms with Gasteiger partial charge in [-0.25, -0.2) is 0 Å². The summed E-state index contributed by atoms with van der Waals surface area (Å²) in [5, 5.41) is 6.52. The Balaban J connectivity index is 2.04. The molecule has 1 atom stereocenters. The van der Waals surface area contributed by atoms with E-state index in [1.807, 2.05) is 0 Å². The third kappa shape index (κ3) is 2.40. The van der Waals surface area contributed by atoms with Gasteiger partial charge < -0.3 is 5.32 Å². The second-order valence-electron chi connectivity index (χ2n) is 5.74. The van der Waals surface area contributed by atoms with E-state index in [4.69, 9.17) is 0 Å². The van der Waals surface area contributed by atoms with E-state index in [1.165, 1.54) is 48.4 Å². The molecule has 3 rings (SSSR count). The van der Waals surface area contributed by atoms with Crippen LogP contribution in [0.25, 0.3) is 10.8 Å². The zero-order valence-electron chi connectivity index (χ0n) is 11.8. The van der Waals surface area contributed by atoms with E-state index >= 15 is 0 Å². The van der Waals surface area contributed by atoms with E-state index < -0.39 is 0 Å². The molecule has 1 heteroatoms. The highest BCUT2D eigenvalue weighted by Crippen LogP contribution is 2.34. The second kappa shape index (κ2) is 5.34. The number of benzene rings is 2. The molecular formula is C18H23N. The summed E-state index contributed by atoms with van der Waals surface area (Å²) in [5.41, 5.74) is 1.66. The van der Waals surface area contributed by atoms with Crippen molar-refractivity contribution >= 4 is 10.8 Å². The highest BCUT2D eigenvalue weighted by molar-refractivity contribution is 5.83. The minimum Gasteiger partial charge on any atom is -0.307 e. The lowest BCUT2D eigenvalue weighted by molar-refractivity contribution is 0.313. The molecule has 2 aromatic carbocycles. The normalized spacial score (nSPS) is 24.3. The molecule has 0 saturated carbocycles. The Bertz CT molecular complexity index is 550. The molecular weight excluding hydrogens is 230 g/mol. The van der Waals surface area contributed by atoms with Crippen molar-refractivity contribution in [3.8, 4) is 0 Å². The van der Waals surface area contributed by atoms with Gasteiger partial charge in [0.15, 0.2) is 0 Å². The van der Waals surface area contributed by atoms with Crippen LogP contribution in [0.15, 0.2) is 42.5 Å². The number of fused-ring (bicyclic) bond motifs is 1. The van der Waals surface area contributed by atoms with Gasteiger partial charge >= 0.3 is 0 Å². The van der Waals surface area contributed by atoms with Gasteiger partial charge in [-0.1, -0.05) is 56.2 Å². The van der Waals surface area contributed by atoms with Crippen LogP contribution in [0.2, 0.25) is 0 Å². The van der Waals surface area contributed by atoms with Crippen LogP contribution in [-0.4, -0.2) is 6.54 Å². The van der Waals surface area contributed by atoms with Gasteiger partial charge in [0.25, 0.3) is 0 Å². The molecule has 1 N–H and O–H groups in total. The number of nitrogens with one attached hydrogen (secondary N) is 1. The first-order valence-electron chi connectivity index (χ1n) is 7.58. The van der Waals surface area contributed by atoms with Gasteiger partial charge in [0, 0.05) is 5.54 Å². The van der Waals surface area contributed by atoms with Gasteiger partial charge in [-0.05, 0) is 48.2 Å². The zero-order valence-corrected chi connectivity index (χ0v) is 11.8. The summed E-state index contributed by atoms with van der Waals surface area (Å²) in [5.74, 6) is 0. The predicted molar refractivity (Wildman–Crippen MR) is 82.4 cm³/mol. The van der Waals surface area contributed by atoms with Crippen LogP contribution in [0.3, 0.4) is 0 Å². The Hall–Kier alpha value is -1.34. The molecule has 0 amide bonds. The SMILES string of the molecule is CCC1(c2ccc3ccccc3c2)CCCCCN1. The summed E-state index contributed by atoms with van der Waals surface area (Å²) < 4.78 is 0. The van der Waals surface area contributed by atoms with Crippen molar-refractivity contribution in [1.82, 2.24) is 5.32 Å². The van der Waals surface area contributed by atoms with Crippen molar-refractivity contribution in [3.05, 3.63) is 48.0 Å². The Morgan fingerprint density at radius 1 is 1.00 bits per heavy atom. The fraction of sp³-hybridized carbons (Fsp3) is 0.444. The van der Waals surface area contributed by atoms with Gasteiger partial charge in [-0.15, -0.1) is 0 Å². The monoisotopic (exact) mass is 253 g/mol. The molecule has 1 unspecified atom stereocenters. The van der Waals surface area contributed by atoms with E-state index in [0.29, 0.717) is 0 Å². The maximum Gasteiger partial charge on any atom is 0.0432 e. The zero-order chi connectivity index (χ0) is 13.1. The smallest absolute Gasteiger partial charge is 0.0432 e. The summed E-state index contributed by atoms with van der Waals surface area (Å²) in [6.07, 6.45) is 6.46. The summed E-state index contributed by atoms with van der Waals surface area (Å²) in [6.45, 7) is 3.47. The van der Waals surface area contributed by atoms with Crippen molar-refractivity contribution in [3.63, 3.8) is 0 Å². The maximum absolute atomic E-state index is 3.83. The predicted octanol–water partition coefficient (Wildman–Crippen LogP) is 4.61. The molecule has 1 aliphatic rings. The molecule has 0 spiro atoms. The summed E-state index contributed by atoms with van der Waals surface area (Å²) in [7, 11) is 0. The first-order chi connectivity index (χ1) is 9.34. The van der Waals surface area contributed by atoms with Crippen molar-refractivity contribution < 1.29 is 0 Å². The van der Waals surface area contributed by atoms with Crippen LogP contribution in [0, 0.1) is 0 Å². The first kappa shape index (κ1) is 12.7. The van der Waals surface area contributed by atoms with Crippen LogP contribution in [0.4, 0.5) is 0 Å². The van der Waals surface area contributed by atoms with Crippen LogP contribution in [-0.2, 0) is 5.54 Å². The quantitative estimate of drug-likeness (QED) is 0.824. The third-order valence-electron chi connectivity index (χ3n) is 4.65. The number of rotatable bonds is 2. The van der Waals surface area contributed by atoms with Crippen LogP contribution in [0.1, 0.15) is 44.6 Å². The van der Waals surface area contributed by atoms with E-state index in [9.17, 15) is 0 Å². The fourth-order valence-electron chi connectivity index (χ4n) is 3.38. The molecule has 1 heterocycles. The van der Waals surface area contributed by atoms with Gasteiger partial charge in [0.05, 0.1) is 0 Å². The van der Waals surface area contributed by atoms with Crippen LogP contribution in [0.5, 0.6) is 0 Å². The molecule has 0 aliphatic carbocycles. The lowest BCUT2D eigenvalue weighted by Gasteiger charge is -2.33. The summed E-state index contributed by atoms with van der Waals surface area (Å²) in [4.78, 5) is 0. The Labute approximate surface area is 116 Å². The second-order valence-corrected chi connectivity index (χ2v) is 5.74. The van der Waals surface area contributed by atoms with Crippen molar-refractivity contribution in [1.29, 1.82) is 0 Å².